The maximum Gasteiger partial charge on any atom is 0.148 e. The van der Waals surface area contributed by atoms with Gasteiger partial charge in [0.1, 0.15) is 18.0 Å². The van der Waals surface area contributed by atoms with E-state index in [-0.39, 0.29) is 12.1 Å². The molecule has 1 heterocycles. The predicted octanol–water partition coefficient (Wildman–Crippen LogP) is 1.04. The lowest BCUT2D eigenvalue weighted by Crippen LogP contribution is -2.39. The molecule has 0 saturated heterocycles. The first kappa shape index (κ1) is 13.0. The molecule has 5 N–H and O–H groups in total. The zero-order chi connectivity index (χ0) is 13.0. The van der Waals surface area contributed by atoms with Crippen LogP contribution in [-0.4, -0.2) is 27.2 Å². The Balaban J connectivity index is 2.27. The minimum Gasteiger partial charge on any atom is -0.394 e. The topological polar surface area (TPSA) is 96.1 Å². The lowest BCUT2D eigenvalue weighted by atomic mass is 9.98. The van der Waals surface area contributed by atoms with Crippen molar-refractivity contribution in [2.24, 2.45) is 5.84 Å². The highest BCUT2D eigenvalue weighted by Crippen LogP contribution is 2.33. The van der Waals surface area contributed by atoms with Crippen LogP contribution in [-0.2, 0) is 6.42 Å². The van der Waals surface area contributed by atoms with Crippen molar-refractivity contribution in [3.63, 3.8) is 0 Å². The van der Waals surface area contributed by atoms with Gasteiger partial charge in [0, 0.05) is 5.56 Å². The summed E-state index contributed by atoms with van der Waals surface area (Å²) < 4.78 is 0. The van der Waals surface area contributed by atoms with E-state index >= 15 is 0 Å². The highest BCUT2D eigenvalue weighted by Gasteiger charge is 2.34. The third-order valence-corrected chi connectivity index (χ3v) is 3.68. The number of nitrogens with zero attached hydrogens (tertiary/aromatic N) is 2. The van der Waals surface area contributed by atoms with Crippen molar-refractivity contribution < 1.29 is 5.11 Å². The van der Waals surface area contributed by atoms with Crippen molar-refractivity contribution >= 4 is 11.6 Å². The fourth-order valence-corrected chi connectivity index (χ4v) is 2.60. The van der Waals surface area contributed by atoms with Crippen LogP contribution in [0.5, 0.6) is 0 Å². The Kier molecular flexibility index (Phi) is 3.98. The van der Waals surface area contributed by atoms with Crippen molar-refractivity contribution in [3.8, 4) is 0 Å². The molecule has 100 valence electrons. The molecule has 6 heteroatoms. The van der Waals surface area contributed by atoms with Gasteiger partial charge in [0.2, 0.25) is 0 Å². The molecule has 2 rings (SSSR count). The molecule has 18 heavy (non-hydrogen) atoms. The lowest BCUT2D eigenvalue weighted by Gasteiger charge is -2.29. The molecule has 0 unspecified atom stereocenters. The third-order valence-electron chi connectivity index (χ3n) is 3.68. The van der Waals surface area contributed by atoms with Crippen molar-refractivity contribution in [2.45, 2.75) is 44.6 Å². The van der Waals surface area contributed by atoms with Gasteiger partial charge in [-0.3, -0.25) is 0 Å². The summed E-state index contributed by atoms with van der Waals surface area (Å²) in [6, 6.07) is 0. The van der Waals surface area contributed by atoms with Crippen molar-refractivity contribution in [1.29, 1.82) is 0 Å². The molecular weight excluding hydrogens is 230 g/mol. The molecule has 0 spiro atoms. The number of aliphatic hydroxyl groups excluding tert-OH is 1. The molecule has 0 aromatic carbocycles. The molecule has 0 radical (unpaired) electrons. The molecule has 0 amide bonds. The van der Waals surface area contributed by atoms with Crippen LogP contribution in [0.3, 0.4) is 0 Å². The van der Waals surface area contributed by atoms with Gasteiger partial charge in [-0.2, -0.15) is 0 Å². The fraction of sp³-hybridized carbons (Fsp3) is 0.667. The number of rotatable bonds is 5. The van der Waals surface area contributed by atoms with Gasteiger partial charge >= 0.3 is 0 Å². The summed E-state index contributed by atoms with van der Waals surface area (Å²) in [6.07, 6.45) is 6.50. The molecule has 1 aliphatic rings. The van der Waals surface area contributed by atoms with Gasteiger partial charge in [-0.15, -0.1) is 0 Å². The number of nitrogens with two attached hydrogens (primary N) is 1. The molecule has 1 saturated carbocycles. The van der Waals surface area contributed by atoms with Crippen LogP contribution in [0.1, 0.15) is 38.2 Å². The van der Waals surface area contributed by atoms with Crippen molar-refractivity contribution in [3.05, 3.63) is 11.9 Å². The van der Waals surface area contributed by atoms with E-state index in [4.69, 9.17) is 5.84 Å². The number of hydrogen-bond donors (Lipinski definition) is 4. The minimum atomic E-state index is -0.232. The summed E-state index contributed by atoms with van der Waals surface area (Å²) in [5.41, 5.74) is 3.31. The molecular formula is C12H21N5O. The highest BCUT2D eigenvalue weighted by molar-refractivity contribution is 5.58. The summed E-state index contributed by atoms with van der Waals surface area (Å²) in [5.74, 6) is 6.87. The number of anilines is 2. The first-order valence-corrected chi connectivity index (χ1v) is 6.44. The SMILES string of the molecule is CCc1c(NN)ncnc1NC1(CO)CCCC1. The second-order valence-electron chi connectivity index (χ2n) is 4.82. The van der Waals surface area contributed by atoms with Crippen LogP contribution in [0, 0.1) is 0 Å². The summed E-state index contributed by atoms with van der Waals surface area (Å²) in [5, 5.41) is 13.0. The second kappa shape index (κ2) is 5.49. The maximum absolute atomic E-state index is 9.62. The van der Waals surface area contributed by atoms with E-state index in [9.17, 15) is 5.11 Å². The number of nitrogens with one attached hydrogen (secondary N) is 2. The number of nitrogen functional groups attached to an aromatic ring is 1. The Morgan fingerprint density at radius 2 is 2.00 bits per heavy atom. The van der Waals surface area contributed by atoms with Gasteiger partial charge in [-0.05, 0) is 19.3 Å². The minimum absolute atomic E-state index is 0.131. The Morgan fingerprint density at radius 1 is 1.33 bits per heavy atom. The Bertz CT molecular complexity index is 403. The maximum atomic E-state index is 9.62. The average molecular weight is 251 g/mol. The van der Waals surface area contributed by atoms with Gasteiger partial charge in [-0.1, -0.05) is 19.8 Å². The molecule has 1 aromatic rings. The van der Waals surface area contributed by atoms with Gasteiger partial charge in [0.15, 0.2) is 0 Å². The molecule has 1 aromatic heterocycles. The zero-order valence-electron chi connectivity index (χ0n) is 10.7. The number of aromatic nitrogens is 2. The van der Waals surface area contributed by atoms with Crippen LogP contribution >= 0.6 is 0 Å². The van der Waals surface area contributed by atoms with Gasteiger partial charge in [0.25, 0.3) is 0 Å². The highest BCUT2D eigenvalue weighted by atomic mass is 16.3. The molecule has 1 fully saturated rings. The van der Waals surface area contributed by atoms with E-state index in [0.29, 0.717) is 5.82 Å². The second-order valence-corrected chi connectivity index (χ2v) is 4.82. The van der Waals surface area contributed by atoms with E-state index in [0.717, 1.165) is 43.5 Å². The van der Waals surface area contributed by atoms with Crippen molar-refractivity contribution in [1.82, 2.24) is 9.97 Å². The standard InChI is InChI=1S/C12H21N5O/c1-2-9-10(14-8-15-11(9)17-13)16-12(7-18)5-3-4-6-12/h8,18H,2-7,13H2,1H3,(H2,14,15,16,17). The van der Waals surface area contributed by atoms with Crippen molar-refractivity contribution in [2.75, 3.05) is 17.3 Å². The smallest absolute Gasteiger partial charge is 0.148 e. The first-order chi connectivity index (χ1) is 8.74. The van der Waals surface area contributed by atoms with Crippen LogP contribution in [0.25, 0.3) is 0 Å². The fourth-order valence-electron chi connectivity index (χ4n) is 2.60. The Morgan fingerprint density at radius 3 is 2.56 bits per heavy atom. The molecule has 0 aliphatic heterocycles. The largest absolute Gasteiger partial charge is 0.394 e. The predicted molar refractivity (Wildman–Crippen MR) is 71.1 cm³/mol. The van der Waals surface area contributed by atoms with Crippen LogP contribution < -0.4 is 16.6 Å². The summed E-state index contributed by atoms with van der Waals surface area (Å²) >= 11 is 0. The van der Waals surface area contributed by atoms with E-state index in [1.165, 1.54) is 6.33 Å². The molecule has 6 nitrogen and oxygen atoms in total. The molecule has 1 aliphatic carbocycles. The van der Waals surface area contributed by atoms with E-state index < -0.39 is 0 Å². The quantitative estimate of drug-likeness (QED) is 0.461. The summed E-state index contributed by atoms with van der Waals surface area (Å²) in [6.45, 7) is 2.16. The normalized spacial score (nSPS) is 17.7. The third kappa shape index (κ3) is 2.39. The monoisotopic (exact) mass is 251 g/mol. The van der Waals surface area contributed by atoms with Gasteiger partial charge < -0.3 is 15.8 Å². The summed E-state index contributed by atoms with van der Waals surface area (Å²) in [7, 11) is 0. The van der Waals surface area contributed by atoms with E-state index in [2.05, 4.69) is 20.7 Å². The van der Waals surface area contributed by atoms with E-state index in [1.54, 1.807) is 0 Å². The number of hydrogen-bond acceptors (Lipinski definition) is 6. The number of aliphatic hydroxyl groups is 1. The van der Waals surface area contributed by atoms with Crippen LogP contribution in [0.15, 0.2) is 6.33 Å². The van der Waals surface area contributed by atoms with Crippen LogP contribution in [0.2, 0.25) is 0 Å². The summed E-state index contributed by atoms with van der Waals surface area (Å²) in [4.78, 5) is 8.39. The van der Waals surface area contributed by atoms with Crippen LogP contribution in [0.4, 0.5) is 11.6 Å². The zero-order valence-corrected chi connectivity index (χ0v) is 10.7. The lowest BCUT2D eigenvalue weighted by molar-refractivity contribution is 0.213. The Hall–Kier alpha value is -1.40. The molecule has 0 bridgehead atoms. The number of hydrazine groups is 1. The van der Waals surface area contributed by atoms with Gasteiger partial charge in [-0.25, -0.2) is 15.8 Å². The first-order valence-electron chi connectivity index (χ1n) is 6.44. The molecule has 0 atom stereocenters. The van der Waals surface area contributed by atoms with Gasteiger partial charge in [0.05, 0.1) is 12.1 Å². The Labute approximate surface area is 107 Å². The average Bonchev–Trinajstić information content (AvgIpc) is 2.87. The van der Waals surface area contributed by atoms with E-state index in [1.807, 2.05) is 6.92 Å².